The second-order valence-corrected chi connectivity index (χ2v) is 13.7. The first kappa shape index (κ1) is 45.5. The number of esters is 2. The number of aromatic carboxylic acids is 1. The molecular weight excluding hydrogens is 842 g/mol. The second-order valence-electron chi connectivity index (χ2n) is 12.0. The Hall–Kier alpha value is -6.24. The van der Waals surface area contributed by atoms with Crippen LogP contribution in [0.1, 0.15) is 52.6 Å². The normalized spacial score (nSPS) is 10.1. The smallest absolute Gasteiger partial charge is 0.337 e. The quantitative estimate of drug-likeness (QED) is 0.0843. The van der Waals surface area contributed by atoms with E-state index in [0.29, 0.717) is 41.5 Å². The van der Waals surface area contributed by atoms with Crippen molar-refractivity contribution in [1.82, 2.24) is 0 Å². The number of methoxy groups -OCH3 is 2. The molecule has 15 heteroatoms. The van der Waals surface area contributed by atoms with Crippen molar-refractivity contribution in [3.8, 4) is 11.5 Å². The third-order valence-corrected chi connectivity index (χ3v) is 8.98. The van der Waals surface area contributed by atoms with Gasteiger partial charge in [0.05, 0.1) is 51.0 Å². The molecule has 6 aromatic rings. The number of nitrogens with one attached hydrogen (secondary N) is 1. The van der Waals surface area contributed by atoms with Crippen LogP contribution in [0, 0.1) is 0 Å². The molecule has 0 radical (unpaired) electrons. The molecule has 0 aliphatic rings. The molecule has 0 saturated carbocycles. The fourth-order valence-electron chi connectivity index (χ4n) is 4.86. The maximum absolute atomic E-state index is 12.5. The number of nitrogen functional groups attached to an aromatic ring is 1. The first-order valence-corrected chi connectivity index (χ1v) is 18.8. The Balaban J connectivity index is 0.000000219. The van der Waals surface area contributed by atoms with E-state index in [1.807, 2.05) is 60.7 Å². The van der Waals surface area contributed by atoms with Crippen LogP contribution >= 0.6 is 46.4 Å². The summed E-state index contributed by atoms with van der Waals surface area (Å²) in [5, 5.41) is 12.4. The van der Waals surface area contributed by atoms with Crippen molar-refractivity contribution in [3.63, 3.8) is 0 Å². The van der Waals surface area contributed by atoms with Gasteiger partial charge in [-0.1, -0.05) is 107 Å². The highest BCUT2D eigenvalue weighted by molar-refractivity contribution is 6.38. The van der Waals surface area contributed by atoms with Gasteiger partial charge in [-0.2, -0.15) is 0 Å². The number of carboxylic acid groups (broad SMARTS) is 1. The average molecular weight is 879 g/mol. The number of benzene rings is 6. The Morgan fingerprint density at radius 3 is 1.29 bits per heavy atom. The van der Waals surface area contributed by atoms with Gasteiger partial charge in [0.1, 0.15) is 13.2 Å². The second kappa shape index (κ2) is 22.6. The summed E-state index contributed by atoms with van der Waals surface area (Å²) in [5.41, 5.74) is 9.72. The molecule has 6 rings (SSSR count). The van der Waals surface area contributed by atoms with Crippen molar-refractivity contribution >= 4 is 81.6 Å². The Bertz CT molecular complexity index is 2320. The monoisotopic (exact) mass is 876 g/mol. The lowest BCUT2D eigenvalue weighted by Gasteiger charge is -2.12. The molecule has 0 aliphatic carbocycles. The van der Waals surface area contributed by atoms with Crippen molar-refractivity contribution < 1.29 is 43.2 Å². The molecule has 0 saturated heterocycles. The van der Waals surface area contributed by atoms with Gasteiger partial charge in [-0.3, -0.25) is 4.79 Å². The number of carbonyl (C=O) groups excluding carboxylic acids is 3. The summed E-state index contributed by atoms with van der Waals surface area (Å²) in [5.74, 6) is -1.67. The van der Waals surface area contributed by atoms with Gasteiger partial charge in [-0.05, 0) is 83.9 Å². The first-order valence-electron chi connectivity index (χ1n) is 17.3. The molecule has 0 unspecified atom stereocenters. The lowest BCUT2D eigenvalue weighted by molar-refractivity contribution is 0.0592. The fourth-order valence-corrected chi connectivity index (χ4v) is 6.05. The van der Waals surface area contributed by atoms with Crippen LogP contribution in [0.5, 0.6) is 11.5 Å². The number of rotatable bonds is 11. The molecule has 0 fully saturated rings. The van der Waals surface area contributed by atoms with Crippen molar-refractivity contribution in [1.29, 1.82) is 0 Å². The summed E-state index contributed by atoms with van der Waals surface area (Å²) >= 11 is 24.5. The van der Waals surface area contributed by atoms with Crippen molar-refractivity contribution in [2.75, 3.05) is 25.3 Å². The molecule has 304 valence electrons. The molecule has 0 atom stereocenters. The molecule has 11 nitrogen and oxygen atoms in total. The highest BCUT2D eigenvalue weighted by Crippen LogP contribution is 2.36. The van der Waals surface area contributed by atoms with Crippen LogP contribution in [0.2, 0.25) is 20.1 Å². The number of nitrogens with two attached hydrogens (primary N) is 1. The molecule has 0 bridgehead atoms. The van der Waals surface area contributed by atoms with Gasteiger partial charge in [0.2, 0.25) is 0 Å². The number of halogens is 4. The van der Waals surface area contributed by atoms with Gasteiger partial charge in [0.15, 0.2) is 11.5 Å². The van der Waals surface area contributed by atoms with Crippen LogP contribution in [-0.4, -0.2) is 43.1 Å². The molecule has 0 spiro atoms. The van der Waals surface area contributed by atoms with E-state index < -0.39 is 17.8 Å². The highest BCUT2D eigenvalue weighted by atomic mass is 35.5. The van der Waals surface area contributed by atoms with Gasteiger partial charge < -0.3 is 35.1 Å². The minimum absolute atomic E-state index is 0.0297. The van der Waals surface area contributed by atoms with E-state index in [1.165, 1.54) is 38.5 Å². The van der Waals surface area contributed by atoms with Crippen LogP contribution < -0.4 is 20.5 Å². The number of carbonyl (C=O) groups is 4. The Morgan fingerprint density at radius 1 is 0.542 bits per heavy atom. The fraction of sp³-hybridized carbons (Fsp3) is 0.0909. The van der Waals surface area contributed by atoms with E-state index in [-0.39, 0.29) is 42.9 Å². The lowest BCUT2D eigenvalue weighted by atomic mass is 10.1. The van der Waals surface area contributed by atoms with Gasteiger partial charge in [0, 0.05) is 16.9 Å². The zero-order chi connectivity index (χ0) is 42.9. The van der Waals surface area contributed by atoms with E-state index in [2.05, 4.69) is 14.8 Å². The lowest BCUT2D eigenvalue weighted by Crippen LogP contribution is -2.12. The number of hydrogen-bond donors (Lipinski definition) is 3. The Kier molecular flexibility index (Phi) is 17.4. The maximum Gasteiger partial charge on any atom is 0.337 e. The summed E-state index contributed by atoms with van der Waals surface area (Å²) in [6.07, 6.45) is 0. The molecule has 0 aromatic heterocycles. The molecular formula is C44H36Cl4N2O9. The third-order valence-electron chi connectivity index (χ3n) is 7.85. The summed E-state index contributed by atoms with van der Waals surface area (Å²) in [6, 6.07) is 37.6. The number of carboxylic acids is 1. The Morgan fingerprint density at radius 2 is 0.915 bits per heavy atom. The van der Waals surface area contributed by atoms with Crippen LogP contribution in [0.15, 0.2) is 133 Å². The molecule has 0 heterocycles. The molecule has 6 aromatic carbocycles. The zero-order valence-electron chi connectivity index (χ0n) is 31.4. The SMILES string of the molecule is COC(=O)c1ccc(N)cc1.COC(=O)c1ccc(NC(=O)c2cc(Cl)c(OCc3ccccc3)c(Cl)c2)cc1.O=C(O)c1cc(Cl)c(OCc2ccccc2)c(Cl)c1. The van der Waals surface area contributed by atoms with Crippen LogP contribution in [0.4, 0.5) is 11.4 Å². The first-order chi connectivity index (χ1) is 28.3. The minimum Gasteiger partial charge on any atom is -0.486 e. The van der Waals surface area contributed by atoms with Gasteiger partial charge >= 0.3 is 17.9 Å². The van der Waals surface area contributed by atoms with Crippen molar-refractivity contribution in [2.45, 2.75) is 13.2 Å². The number of amides is 1. The number of ether oxygens (including phenoxy) is 4. The minimum atomic E-state index is -1.08. The third kappa shape index (κ3) is 14.0. The van der Waals surface area contributed by atoms with E-state index in [0.717, 1.165) is 11.1 Å². The molecule has 0 aliphatic heterocycles. The van der Waals surface area contributed by atoms with E-state index in [4.69, 9.17) is 66.7 Å². The van der Waals surface area contributed by atoms with Crippen LogP contribution in [0.25, 0.3) is 0 Å². The van der Waals surface area contributed by atoms with Crippen molar-refractivity contribution in [3.05, 3.63) is 187 Å². The summed E-state index contributed by atoms with van der Waals surface area (Å²) in [4.78, 5) is 45.7. The topological polar surface area (TPSA) is 163 Å². The molecule has 59 heavy (non-hydrogen) atoms. The largest absolute Gasteiger partial charge is 0.486 e. The predicted octanol–water partition coefficient (Wildman–Crippen LogP) is 10.9. The number of anilines is 2. The average Bonchev–Trinajstić information content (AvgIpc) is 3.24. The summed E-state index contributed by atoms with van der Waals surface area (Å²) in [6.45, 7) is 0.616. The Labute approximate surface area is 360 Å². The highest BCUT2D eigenvalue weighted by Gasteiger charge is 2.16. The van der Waals surface area contributed by atoms with Crippen LogP contribution in [-0.2, 0) is 22.7 Å². The van der Waals surface area contributed by atoms with Gasteiger partial charge in [-0.15, -0.1) is 0 Å². The maximum atomic E-state index is 12.5. The molecule has 1 amide bonds. The van der Waals surface area contributed by atoms with E-state index in [9.17, 15) is 19.2 Å². The summed E-state index contributed by atoms with van der Waals surface area (Å²) in [7, 11) is 2.65. The van der Waals surface area contributed by atoms with Crippen LogP contribution in [0.3, 0.4) is 0 Å². The van der Waals surface area contributed by atoms with Crippen molar-refractivity contribution in [2.24, 2.45) is 0 Å². The van der Waals surface area contributed by atoms with E-state index >= 15 is 0 Å². The van der Waals surface area contributed by atoms with Gasteiger partial charge in [-0.25, -0.2) is 14.4 Å². The van der Waals surface area contributed by atoms with E-state index in [1.54, 1.807) is 48.5 Å². The summed E-state index contributed by atoms with van der Waals surface area (Å²) < 4.78 is 20.4. The standard InChI is InChI=1S/C22H17Cl2NO4.C14H10Cl2O3.C8H9NO2/c1-28-22(27)15-7-9-17(10-8-15)25-21(26)16-11-18(23)20(19(24)12-16)29-13-14-5-3-2-4-6-14;15-11-6-10(14(17)18)7-12(16)13(11)19-8-9-4-2-1-3-5-9;1-11-8(10)6-2-4-7(9)5-3-6/h2-12H,13H2,1H3,(H,25,26);1-7H,8H2,(H,17,18);2-5H,9H2,1H3. The number of hydrogen-bond acceptors (Lipinski definition) is 9. The zero-order valence-corrected chi connectivity index (χ0v) is 34.4. The predicted molar refractivity (Wildman–Crippen MR) is 229 cm³/mol. The van der Waals surface area contributed by atoms with Gasteiger partial charge in [0.25, 0.3) is 5.91 Å². The molecule has 4 N–H and O–H groups in total.